The first-order chi connectivity index (χ1) is 7.13. The first-order valence-corrected chi connectivity index (χ1v) is 4.33. The maximum Gasteiger partial charge on any atom is 0.186 e. The summed E-state index contributed by atoms with van der Waals surface area (Å²) in [4.78, 5) is 6.50. The number of imidazole rings is 1. The van der Waals surface area contributed by atoms with Crippen molar-refractivity contribution in [3.05, 3.63) is 29.6 Å². The summed E-state index contributed by atoms with van der Waals surface area (Å²) in [5.74, 6) is -1.74. The molecule has 0 saturated heterocycles. The van der Waals surface area contributed by atoms with Crippen molar-refractivity contribution in [3.8, 4) is 0 Å². The molecule has 2 rings (SSSR count). The Balaban J connectivity index is 2.61. The van der Waals surface area contributed by atoms with Crippen molar-refractivity contribution >= 4 is 11.0 Å². The molecule has 6 heteroatoms. The predicted octanol–water partition coefficient (Wildman–Crippen LogP) is 0.833. The van der Waals surface area contributed by atoms with Crippen LogP contribution in [0.4, 0.5) is 8.78 Å². The third-order valence-electron chi connectivity index (χ3n) is 2.11. The highest BCUT2D eigenvalue weighted by Crippen LogP contribution is 2.19. The molecular formula is C9H9F2N3O. The van der Waals surface area contributed by atoms with Crippen molar-refractivity contribution in [2.24, 2.45) is 5.73 Å². The van der Waals surface area contributed by atoms with Gasteiger partial charge < -0.3 is 15.8 Å². The number of nitrogens with zero attached hydrogens (tertiary/aromatic N) is 1. The van der Waals surface area contributed by atoms with Gasteiger partial charge >= 0.3 is 0 Å². The van der Waals surface area contributed by atoms with Crippen molar-refractivity contribution in [3.63, 3.8) is 0 Å². The quantitative estimate of drug-likeness (QED) is 0.691. The largest absolute Gasteiger partial charge is 0.394 e. The van der Waals surface area contributed by atoms with Crippen LogP contribution >= 0.6 is 0 Å². The Morgan fingerprint density at radius 1 is 1.47 bits per heavy atom. The number of nitrogens with two attached hydrogens (primary N) is 1. The number of aromatic amines is 1. The second-order valence-corrected chi connectivity index (χ2v) is 3.17. The first-order valence-electron chi connectivity index (χ1n) is 4.33. The maximum atomic E-state index is 13.2. The predicted molar refractivity (Wildman–Crippen MR) is 50.0 cm³/mol. The van der Waals surface area contributed by atoms with Crippen LogP contribution in [0.15, 0.2) is 12.1 Å². The lowest BCUT2D eigenvalue weighted by Crippen LogP contribution is -2.15. The Hall–Kier alpha value is -1.53. The summed E-state index contributed by atoms with van der Waals surface area (Å²) in [7, 11) is 0. The van der Waals surface area contributed by atoms with Gasteiger partial charge in [0.15, 0.2) is 11.6 Å². The summed E-state index contributed by atoms with van der Waals surface area (Å²) in [6.45, 7) is -0.316. The highest BCUT2D eigenvalue weighted by atomic mass is 19.2. The third-order valence-corrected chi connectivity index (χ3v) is 2.11. The van der Waals surface area contributed by atoms with E-state index in [4.69, 9.17) is 10.8 Å². The van der Waals surface area contributed by atoms with Gasteiger partial charge in [-0.05, 0) is 12.1 Å². The minimum atomic E-state index is -1.01. The molecule has 0 aliphatic carbocycles. The van der Waals surface area contributed by atoms with E-state index in [1.54, 1.807) is 0 Å². The average Bonchev–Trinajstić information content (AvgIpc) is 2.67. The van der Waals surface area contributed by atoms with Gasteiger partial charge in [0.05, 0.1) is 18.2 Å². The van der Waals surface area contributed by atoms with Gasteiger partial charge in [0.25, 0.3) is 0 Å². The Morgan fingerprint density at radius 3 is 2.87 bits per heavy atom. The molecule has 1 heterocycles. The van der Waals surface area contributed by atoms with Crippen LogP contribution in [0.5, 0.6) is 0 Å². The minimum absolute atomic E-state index is 0.103. The fraction of sp³-hybridized carbons (Fsp3) is 0.222. The standard InChI is InChI=1S/C9H9F2N3O/c10-4-1-2-6-8(7(4)11)14-9(13-6)5(12)3-15/h1-2,5,15H,3,12H2,(H,13,14). The molecule has 1 aromatic carbocycles. The molecule has 0 radical (unpaired) electrons. The van der Waals surface area contributed by atoms with Crippen LogP contribution in [-0.2, 0) is 0 Å². The molecule has 1 unspecified atom stereocenters. The minimum Gasteiger partial charge on any atom is -0.394 e. The summed E-state index contributed by atoms with van der Waals surface area (Å²) in [5.41, 5.74) is 5.74. The number of aliphatic hydroxyl groups excluding tert-OH is 1. The number of nitrogens with one attached hydrogen (secondary N) is 1. The molecule has 0 saturated carbocycles. The zero-order valence-corrected chi connectivity index (χ0v) is 7.67. The highest BCUT2D eigenvalue weighted by molar-refractivity contribution is 5.75. The van der Waals surface area contributed by atoms with Crippen LogP contribution in [0.25, 0.3) is 11.0 Å². The van der Waals surface area contributed by atoms with Gasteiger partial charge in [-0.15, -0.1) is 0 Å². The van der Waals surface area contributed by atoms with Crippen molar-refractivity contribution in [1.29, 1.82) is 0 Å². The molecule has 4 nitrogen and oxygen atoms in total. The van der Waals surface area contributed by atoms with E-state index in [0.717, 1.165) is 6.07 Å². The number of benzene rings is 1. The second kappa shape index (κ2) is 3.56. The lowest BCUT2D eigenvalue weighted by molar-refractivity contribution is 0.264. The van der Waals surface area contributed by atoms with Crippen LogP contribution in [0.1, 0.15) is 11.9 Å². The van der Waals surface area contributed by atoms with Crippen LogP contribution < -0.4 is 5.73 Å². The van der Waals surface area contributed by atoms with E-state index >= 15 is 0 Å². The van der Waals surface area contributed by atoms with Crippen molar-refractivity contribution in [2.45, 2.75) is 6.04 Å². The number of aromatic nitrogens is 2. The molecule has 0 aliphatic rings. The molecule has 80 valence electrons. The Morgan fingerprint density at radius 2 is 2.20 bits per heavy atom. The van der Waals surface area contributed by atoms with Crippen LogP contribution in [0.3, 0.4) is 0 Å². The average molecular weight is 213 g/mol. The SMILES string of the molecule is NC(CO)c1nc2c(F)c(F)ccc2[nH]1. The fourth-order valence-electron chi connectivity index (χ4n) is 1.30. The van der Waals surface area contributed by atoms with Crippen molar-refractivity contribution < 1.29 is 13.9 Å². The third kappa shape index (κ3) is 1.57. The van der Waals surface area contributed by atoms with Gasteiger partial charge in [0, 0.05) is 0 Å². The van der Waals surface area contributed by atoms with Gasteiger partial charge in [-0.3, -0.25) is 0 Å². The molecule has 0 amide bonds. The van der Waals surface area contributed by atoms with E-state index in [9.17, 15) is 8.78 Å². The van der Waals surface area contributed by atoms with E-state index < -0.39 is 17.7 Å². The number of rotatable bonds is 2. The summed E-state index contributed by atoms with van der Waals surface area (Å²) in [5, 5.41) is 8.78. The molecule has 0 aliphatic heterocycles. The lowest BCUT2D eigenvalue weighted by atomic mass is 10.3. The molecule has 4 N–H and O–H groups in total. The zero-order valence-electron chi connectivity index (χ0n) is 7.67. The zero-order chi connectivity index (χ0) is 11.0. The summed E-state index contributed by atoms with van der Waals surface area (Å²) in [6.07, 6.45) is 0. The van der Waals surface area contributed by atoms with Crippen LogP contribution in [-0.4, -0.2) is 21.7 Å². The second-order valence-electron chi connectivity index (χ2n) is 3.17. The Labute approximate surface area is 83.7 Å². The smallest absolute Gasteiger partial charge is 0.186 e. The van der Waals surface area contributed by atoms with Gasteiger partial charge in [0.1, 0.15) is 11.3 Å². The molecule has 2 aromatic rings. The number of hydrogen-bond donors (Lipinski definition) is 3. The number of aliphatic hydroxyl groups is 1. The monoisotopic (exact) mass is 213 g/mol. The van der Waals surface area contributed by atoms with Gasteiger partial charge in [-0.2, -0.15) is 0 Å². The Bertz CT molecular complexity index is 497. The summed E-state index contributed by atoms with van der Waals surface area (Å²) in [6, 6.07) is 1.65. The first kappa shape index (κ1) is 10.0. The molecule has 15 heavy (non-hydrogen) atoms. The topological polar surface area (TPSA) is 74.9 Å². The summed E-state index contributed by atoms with van der Waals surface area (Å²) >= 11 is 0. The summed E-state index contributed by atoms with van der Waals surface area (Å²) < 4.78 is 26.0. The molecule has 0 bridgehead atoms. The number of H-pyrrole nitrogens is 1. The van der Waals surface area contributed by atoms with Crippen LogP contribution in [0, 0.1) is 11.6 Å². The molecule has 0 fully saturated rings. The fourth-order valence-corrected chi connectivity index (χ4v) is 1.30. The molecule has 1 atom stereocenters. The highest BCUT2D eigenvalue weighted by Gasteiger charge is 2.14. The van der Waals surface area contributed by atoms with Gasteiger partial charge in [-0.1, -0.05) is 0 Å². The number of halogens is 2. The number of hydrogen-bond acceptors (Lipinski definition) is 3. The van der Waals surface area contributed by atoms with E-state index in [1.165, 1.54) is 6.07 Å². The van der Waals surface area contributed by atoms with Crippen molar-refractivity contribution in [1.82, 2.24) is 9.97 Å². The van der Waals surface area contributed by atoms with E-state index in [-0.39, 0.29) is 17.9 Å². The maximum absolute atomic E-state index is 13.2. The molecular weight excluding hydrogens is 204 g/mol. The van der Waals surface area contributed by atoms with Crippen LogP contribution in [0.2, 0.25) is 0 Å². The normalized spacial score (nSPS) is 13.3. The van der Waals surface area contributed by atoms with E-state index in [2.05, 4.69) is 9.97 Å². The van der Waals surface area contributed by atoms with Crippen molar-refractivity contribution in [2.75, 3.05) is 6.61 Å². The Kier molecular flexibility index (Phi) is 2.37. The molecule has 1 aromatic heterocycles. The lowest BCUT2D eigenvalue weighted by Gasteiger charge is -2.01. The van der Waals surface area contributed by atoms with Gasteiger partial charge in [-0.25, -0.2) is 13.8 Å². The van der Waals surface area contributed by atoms with Gasteiger partial charge in [0.2, 0.25) is 0 Å². The van der Waals surface area contributed by atoms with E-state index in [0.29, 0.717) is 5.52 Å². The van der Waals surface area contributed by atoms with E-state index in [1.807, 2.05) is 0 Å². The molecule has 0 spiro atoms. The number of fused-ring (bicyclic) bond motifs is 1.